The third kappa shape index (κ3) is 117. The number of hydrogen-bond donors (Lipinski definition) is 4. The summed E-state index contributed by atoms with van der Waals surface area (Å²) < 4.78 is 18.2. The van der Waals surface area contributed by atoms with E-state index in [0.717, 1.165) is 29.1 Å². The van der Waals surface area contributed by atoms with Gasteiger partial charge in [-0.15, -0.1) is 8.13 Å². The van der Waals surface area contributed by atoms with Crippen LogP contribution >= 0.6 is 16.1 Å². The zero-order chi connectivity index (χ0) is 27.8. The first-order chi connectivity index (χ1) is 14.2. The molecule has 9 nitrogen and oxygen atoms in total. The Morgan fingerprint density at radius 3 is 1.23 bits per heavy atom. The predicted molar refractivity (Wildman–Crippen MR) is 171 cm³/mol. The molecule has 0 aliphatic rings. The first-order valence-electron chi connectivity index (χ1n) is 9.57. The largest absolute Gasteiger partial charge is 0.481 e. The molecule has 0 heterocycles. The summed E-state index contributed by atoms with van der Waals surface area (Å²) in [5.74, 6) is -1.67. The number of aliphatic carboxylic acids is 2. The van der Waals surface area contributed by atoms with E-state index in [-0.39, 0.29) is 35.3 Å². The summed E-state index contributed by atoms with van der Waals surface area (Å²) in [6.45, 7) is 23.8. The molecule has 0 aromatic carbocycles. The maximum Gasteiger partial charge on any atom is 0.312 e. The smallest absolute Gasteiger partial charge is 0.312 e. The zero-order valence-electron chi connectivity index (χ0n) is 22.4. The van der Waals surface area contributed by atoms with Gasteiger partial charge in [0.15, 0.2) is 37.9 Å². The van der Waals surface area contributed by atoms with Crippen LogP contribution in [0.25, 0.3) is 0 Å². The summed E-state index contributed by atoms with van der Waals surface area (Å²) in [6.07, 6.45) is 0. The van der Waals surface area contributed by atoms with Crippen LogP contribution in [-0.4, -0.2) is 89.7 Å². The van der Waals surface area contributed by atoms with Crippen molar-refractivity contribution in [2.75, 3.05) is 13.8 Å². The average molecular weight is 746 g/mol. The van der Waals surface area contributed by atoms with Gasteiger partial charge in [0.05, 0.1) is 0 Å². The predicted octanol–water partition coefficient (Wildman–Crippen LogP) is 3.93. The van der Waals surface area contributed by atoms with Crippen LogP contribution in [0.3, 0.4) is 0 Å². The fourth-order valence-electron chi connectivity index (χ4n) is 1.68. The van der Waals surface area contributed by atoms with Crippen molar-refractivity contribution in [2.24, 2.45) is 0 Å². The molecule has 0 radical (unpaired) electrons. The minimum Gasteiger partial charge on any atom is -0.481 e. The number of hydrogen-bond acceptors (Lipinski definition) is 8. The Kier molecular flexibility index (Phi) is 65.3. The van der Waals surface area contributed by atoms with Gasteiger partial charge in [0.2, 0.25) is 0 Å². The van der Waals surface area contributed by atoms with Gasteiger partial charge in [0, 0.05) is 41.4 Å². The summed E-state index contributed by atoms with van der Waals surface area (Å²) in [5.41, 5.74) is 0. The van der Waals surface area contributed by atoms with Crippen molar-refractivity contribution in [3.05, 3.63) is 0 Å². The first kappa shape index (κ1) is 60.8. The number of rotatable bonds is 7. The maximum atomic E-state index is 9.00. The van der Waals surface area contributed by atoms with E-state index in [4.69, 9.17) is 42.0 Å². The molecule has 35 heavy (non-hydrogen) atoms. The van der Waals surface area contributed by atoms with Crippen LogP contribution in [0.1, 0.15) is 28.7 Å². The molecule has 18 heteroatoms. The molecule has 0 saturated heterocycles. The van der Waals surface area contributed by atoms with E-state index in [1.54, 1.807) is 0 Å². The van der Waals surface area contributed by atoms with Crippen LogP contribution in [0, 0.1) is 0 Å². The van der Waals surface area contributed by atoms with Crippen LogP contribution in [0.2, 0.25) is 58.9 Å². The molecule has 3 atom stereocenters. The topological polar surface area (TPSA) is 143 Å². The summed E-state index contributed by atoms with van der Waals surface area (Å²) in [4.78, 5) is 26.0. The molecular weight excluding hydrogens is 689 g/mol. The molecule has 0 aromatic rings. The summed E-state index contributed by atoms with van der Waals surface area (Å²) in [6, 6.07) is 0. The van der Waals surface area contributed by atoms with Crippen molar-refractivity contribution in [1.82, 2.24) is 0 Å². The second-order valence-electron chi connectivity index (χ2n) is 8.08. The van der Waals surface area contributed by atoms with Crippen LogP contribution in [-0.2, 0) is 54.2 Å². The minimum absolute atomic E-state index is 0. The Balaban J connectivity index is -0.0000000424. The molecule has 0 spiro atoms. The van der Waals surface area contributed by atoms with Gasteiger partial charge >= 0.3 is 8.56 Å². The van der Waals surface area contributed by atoms with E-state index in [1.165, 1.54) is 0 Å². The Bertz CT molecular complexity index is 427. The van der Waals surface area contributed by atoms with Gasteiger partial charge in [-0.25, -0.2) is 0 Å². The zero-order valence-corrected chi connectivity index (χ0v) is 32.5. The number of carboxylic acid groups (broad SMARTS) is 2. The Hall–Kier alpha value is 1.44. The maximum absolute atomic E-state index is 9.00. The van der Waals surface area contributed by atoms with Crippen molar-refractivity contribution in [2.45, 2.75) is 87.6 Å². The molecular formula is C17H57O9P2PdSSi5+. The molecule has 0 saturated carbocycles. The molecule has 4 N–H and O–H groups in total. The molecule has 224 valence electrons. The van der Waals surface area contributed by atoms with E-state index in [0.29, 0.717) is 0 Å². The second-order valence-corrected chi connectivity index (χ2v) is 27.3. The van der Waals surface area contributed by atoms with Gasteiger partial charge in [0.25, 0.3) is 21.2 Å². The number of carbonyl (C=O) groups is 2. The summed E-state index contributed by atoms with van der Waals surface area (Å²) in [5, 5.41) is 21.8. The quantitative estimate of drug-likeness (QED) is 0.224. The van der Waals surface area contributed by atoms with Gasteiger partial charge in [0.1, 0.15) is 8.02 Å². The van der Waals surface area contributed by atoms with E-state index in [1.807, 2.05) is 14.7 Å². The second kappa shape index (κ2) is 37.6. The van der Waals surface area contributed by atoms with Gasteiger partial charge in [-0.05, 0) is 65.6 Å². The first-order valence-corrected chi connectivity index (χ1v) is 27.7. The van der Waals surface area contributed by atoms with E-state index >= 15 is 0 Å². The third-order valence-corrected chi connectivity index (χ3v) is 15.1. The van der Waals surface area contributed by atoms with Gasteiger partial charge in [-0.2, -0.15) is 0 Å². The van der Waals surface area contributed by atoms with Crippen molar-refractivity contribution in [1.29, 1.82) is 0 Å². The fourth-order valence-corrected chi connectivity index (χ4v) is 16.0. The SMILES string of the molecule is C.C.CC(=O)O.CC(=O)O.CO.CP[SiH2]O.C[SiH](O[Si](C)(C)C)O[Si](C)(C)O[Si](C)(C)C.[PH2+]=S.[Pd]. The normalized spacial score (nSPS) is 10.7. The summed E-state index contributed by atoms with van der Waals surface area (Å²) in [7, 11) is -3.18. The van der Waals surface area contributed by atoms with Crippen LogP contribution in [0.15, 0.2) is 0 Å². The minimum atomic E-state index is -1.98. The van der Waals surface area contributed by atoms with Crippen LogP contribution < -0.4 is 0 Å². The van der Waals surface area contributed by atoms with Crippen LogP contribution in [0.5, 0.6) is 0 Å². The molecule has 0 aromatic heterocycles. The number of aliphatic hydroxyl groups is 1. The standard InChI is InChI=1S/C9H28O3Si4.2C2H4O2.CH7OPSi.CH4O.2CH4.HPS.Pd/c1-13(10-14(2,3)4)11-16(8,9)12-15(5,6)7;2*1-2(3)4;1-3-4-2;1-2;;;1-2;/h13H,1-9H3;2*1H3,(H,3,4);2-3H,4H2,1H3;2H,1H3;2*1H4;1H;/p+1. The third-order valence-electron chi connectivity index (χ3n) is 1.68. The van der Waals surface area contributed by atoms with Gasteiger partial charge in [-0.3, -0.25) is 9.59 Å². The Morgan fingerprint density at radius 1 is 0.857 bits per heavy atom. The molecule has 0 fully saturated rings. The summed E-state index contributed by atoms with van der Waals surface area (Å²) >= 11 is 4.00. The number of carboxylic acids is 2. The molecule has 0 amide bonds. The van der Waals surface area contributed by atoms with Crippen LogP contribution in [0.4, 0.5) is 0 Å². The molecule has 0 aliphatic carbocycles. The molecule has 0 aliphatic heterocycles. The van der Waals surface area contributed by atoms with E-state index < -0.39 is 55.8 Å². The van der Waals surface area contributed by atoms with Gasteiger partial charge < -0.3 is 32.5 Å². The van der Waals surface area contributed by atoms with Crippen molar-refractivity contribution >= 4 is 83.8 Å². The van der Waals surface area contributed by atoms with Gasteiger partial charge in [-0.1, -0.05) is 14.9 Å². The average Bonchev–Trinajstić information content (AvgIpc) is 2.53. The molecule has 0 bridgehead atoms. The Labute approximate surface area is 246 Å². The van der Waals surface area contributed by atoms with E-state index in [2.05, 4.69) is 70.7 Å². The van der Waals surface area contributed by atoms with Crippen molar-refractivity contribution in [3.8, 4) is 0 Å². The Morgan fingerprint density at radius 2 is 1.09 bits per heavy atom. The molecule has 0 rings (SSSR count). The monoisotopic (exact) mass is 745 g/mol. The molecule has 3 unspecified atom stereocenters. The van der Waals surface area contributed by atoms with E-state index in [9.17, 15) is 0 Å². The van der Waals surface area contributed by atoms with Crippen molar-refractivity contribution in [3.63, 3.8) is 0 Å². The fraction of sp³-hybridized carbons (Fsp3) is 0.882. The van der Waals surface area contributed by atoms with Crippen molar-refractivity contribution < 1.29 is 62.5 Å². The number of aliphatic hydroxyl groups excluding tert-OH is 1.